The molecule has 0 amide bonds. The second-order valence-electron chi connectivity index (χ2n) is 3.51. The minimum Gasteiger partial charge on any atom is -0.476 e. The van der Waals surface area contributed by atoms with Gasteiger partial charge in [0.1, 0.15) is 12.1 Å². The highest BCUT2D eigenvalue weighted by Gasteiger charge is 2.29. The SMILES string of the molecule is CN(c1ncnc(C(=O)O)c1Br)C1CC1. The van der Waals surface area contributed by atoms with E-state index < -0.39 is 5.97 Å². The lowest BCUT2D eigenvalue weighted by Crippen LogP contribution is -2.22. The lowest BCUT2D eigenvalue weighted by molar-refractivity contribution is 0.0689. The van der Waals surface area contributed by atoms with Gasteiger partial charge in [-0.2, -0.15) is 0 Å². The van der Waals surface area contributed by atoms with Gasteiger partial charge in [0.15, 0.2) is 5.69 Å². The first kappa shape index (κ1) is 10.4. The smallest absolute Gasteiger partial charge is 0.355 e. The summed E-state index contributed by atoms with van der Waals surface area (Å²) in [4.78, 5) is 20.6. The summed E-state index contributed by atoms with van der Waals surface area (Å²) in [6, 6.07) is 0.484. The van der Waals surface area contributed by atoms with Crippen LogP contribution in [0.4, 0.5) is 5.82 Å². The van der Waals surface area contributed by atoms with Crippen LogP contribution in [0.3, 0.4) is 0 Å². The number of carboxylic acids is 1. The predicted molar refractivity (Wildman–Crippen MR) is 58.1 cm³/mol. The number of aromatic carboxylic acids is 1. The van der Waals surface area contributed by atoms with E-state index in [1.807, 2.05) is 11.9 Å². The number of halogens is 1. The van der Waals surface area contributed by atoms with Crippen molar-refractivity contribution in [2.75, 3.05) is 11.9 Å². The van der Waals surface area contributed by atoms with E-state index in [9.17, 15) is 4.79 Å². The van der Waals surface area contributed by atoms with Gasteiger partial charge in [-0.1, -0.05) is 0 Å². The highest BCUT2D eigenvalue weighted by molar-refractivity contribution is 9.10. The number of carbonyl (C=O) groups is 1. The monoisotopic (exact) mass is 271 g/mol. The van der Waals surface area contributed by atoms with Crippen LogP contribution in [-0.2, 0) is 0 Å². The highest BCUT2D eigenvalue weighted by atomic mass is 79.9. The fourth-order valence-electron chi connectivity index (χ4n) is 1.39. The zero-order valence-corrected chi connectivity index (χ0v) is 9.73. The largest absolute Gasteiger partial charge is 0.476 e. The Labute approximate surface area is 95.3 Å². The fraction of sp³-hybridized carbons (Fsp3) is 0.444. The van der Waals surface area contributed by atoms with Crippen molar-refractivity contribution >= 4 is 27.7 Å². The Kier molecular flexibility index (Phi) is 2.60. The molecule has 1 heterocycles. The Morgan fingerprint density at radius 1 is 1.60 bits per heavy atom. The van der Waals surface area contributed by atoms with E-state index in [2.05, 4.69) is 25.9 Å². The van der Waals surface area contributed by atoms with Crippen molar-refractivity contribution in [3.05, 3.63) is 16.5 Å². The van der Waals surface area contributed by atoms with Crippen molar-refractivity contribution < 1.29 is 9.90 Å². The molecule has 6 heteroatoms. The molecule has 0 saturated heterocycles. The molecule has 15 heavy (non-hydrogen) atoms. The van der Waals surface area contributed by atoms with Gasteiger partial charge in [0.05, 0.1) is 4.47 Å². The maximum absolute atomic E-state index is 10.8. The van der Waals surface area contributed by atoms with E-state index >= 15 is 0 Å². The fourth-order valence-corrected chi connectivity index (χ4v) is 2.04. The van der Waals surface area contributed by atoms with Crippen molar-refractivity contribution in [3.63, 3.8) is 0 Å². The molecule has 1 aromatic heterocycles. The summed E-state index contributed by atoms with van der Waals surface area (Å²) in [7, 11) is 1.91. The van der Waals surface area contributed by atoms with Crippen molar-refractivity contribution in [1.82, 2.24) is 9.97 Å². The quantitative estimate of drug-likeness (QED) is 0.904. The summed E-state index contributed by atoms with van der Waals surface area (Å²) >= 11 is 3.23. The lowest BCUT2D eigenvalue weighted by Gasteiger charge is -2.18. The van der Waals surface area contributed by atoms with Crippen LogP contribution in [0.15, 0.2) is 10.8 Å². The Balaban J connectivity index is 2.38. The first-order valence-corrected chi connectivity index (χ1v) is 5.37. The molecule has 5 nitrogen and oxygen atoms in total. The predicted octanol–water partition coefficient (Wildman–Crippen LogP) is 1.54. The van der Waals surface area contributed by atoms with Crippen LogP contribution < -0.4 is 4.90 Å². The van der Waals surface area contributed by atoms with Crippen LogP contribution >= 0.6 is 15.9 Å². The molecule has 0 bridgehead atoms. The summed E-state index contributed by atoms with van der Waals surface area (Å²) in [5, 5.41) is 8.89. The van der Waals surface area contributed by atoms with E-state index in [-0.39, 0.29) is 5.69 Å². The molecule has 1 aliphatic carbocycles. The van der Waals surface area contributed by atoms with Crippen LogP contribution in [0.25, 0.3) is 0 Å². The summed E-state index contributed by atoms with van der Waals surface area (Å²) in [5.41, 5.74) is 0.00694. The Morgan fingerprint density at radius 2 is 2.27 bits per heavy atom. The van der Waals surface area contributed by atoms with E-state index in [0.717, 1.165) is 12.8 Å². The number of anilines is 1. The molecule has 0 aliphatic heterocycles. The molecule has 1 saturated carbocycles. The van der Waals surface area contributed by atoms with Crippen molar-refractivity contribution in [2.45, 2.75) is 18.9 Å². The molecule has 1 aromatic rings. The van der Waals surface area contributed by atoms with Gasteiger partial charge in [0.2, 0.25) is 0 Å². The number of hydrogen-bond acceptors (Lipinski definition) is 4. The number of rotatable bonds is 3. The Bertz CT molecular complexity index is 406. The summed E-state index contributed by atoms with van der Waals surface area (Å²) < 4.78 is 0.451. The molecule has 80 valence electrons. The number of nitrogens with zero attached hydrogens (tertiary/aromatic N) is 3. The lowest BCUT2D eigenvalue weighted by atomic mass is 10.3. The maximum Gasteiger partial charge on any atom is 0.355 e. The van der Waals surface area contributed by atoms with Gasteiger partial charge in [-0.25, -0.2) is 14.8 Å². The first-order chi connectivity index (χ1) is 7.11. The second-order valence-corrected chi connectivity index (χ2v) is 4.30. The topological polar surface area (TPSA) is 66.3 Å². The molecular weight excluding hydrogens is 262 g/mol. The minimum absolute atomic E-state index is 0.00694. The minimum atomic E-state index is -1.05. The molecule has 1 fully saturated rings. The summed E-state index contributed by atoms with van der Waals surface area (Å²) in [6.07, 6.45) is 3.55. The van der Waals surface area contributed by atoms with Gasteiger partial charge in [0, 0.05) is 13.1 Å². The molecule has 0 unspecified atom stereocenters. The average molecular weight is 272 g/mol. The van der Waals surface area contributed by atoms with Crippen molar-refractivity contribution in [3.8, 4) is 0 Å². The molecule has 1 N–H and O–H groups in total. The average Bonchev–Trinajstić information content (AvgIpc) is 3.00. The standard InChI is InChI=1S/C9H10BrN3O2/c1-13(5-2-3-5)8-6(10)7(9(14)15)11-4-12-8/h4-5H,2-3H2,1H3,(H,14,15). The van der Waals surface area contributed by atoms with Gasteiger partial charge < -0.3 is 10.0 Å². The Morgan fingerprint density at radius 3 is 2.80 bits per heavy atom. The highest BCUT2D eigenvalue weighted by Crippen LogP contribution is 2.33. The van der Waals surface area contributed by atoms with E-state index in [1.165, 1.54) is 6.33 Å². The molecule has 0 aromatic carbocycles. The van der Waals surface area contributed by atoms with Crippen molar-refractivity contribution in [2.24, 2.45) is 0 Å². The third-order valence-corrected chi connectivity index (χ3v) is 3.13. The third kappa shape index (κ3) is 1.94. The van der Waals surface area contributed by atoms with E-state index in [1.54, 1.807) is 0 Å². The molecule has 1 aliphatic rings. The van der Waals surface area contributed by atoms with E-state index in [4.69, 9.17) is 5.11 Å². The zero-order valence-electron chi connectivity index (χ0n) is 8.14. The third-order valence-electron chi connectivity index (χ3n) is 2.40. The molecule has 2 rings (SSSR count). The summed E-state index contributed by atoms with van der Waals surface area (Å²) in [6.45, 7) is 0. The van der Waals surface area contributed by atoms with Crippen LogP contribution in [-0.4, -0.2) is 34.1 Å². The number of hydrogen-bond donors (Lipinski definition) is 1. The summed E-state index contributed by atoms with van der Waals surface area (Å²) in [5.74, 6) is -0.403. The van der Waals surface area contributed by atoms with Crippen LogP contribution in [0, 0.1) is 0 Å². The van der Waals surface area contributed by atoms with Crippen molar-refractivity contribution in [1.29, 1.82) is 0 Å². The van der Waals surface area contributed by atoms with E-state index in [0.29, 0.717) is 16.3 Å². The van der Waals surface area contributed by atoms with Gasteiger partial charge >= 0.3 is 5.97 Å². The maximum atomic E-state index is 10.8. The Hall–Kier alpha value is -1.17. The molecule has 0 radical (unpaired) electrons. The molecule has 0 spiro atoms. The van der Waals surface area contributed by atoms with Crippen LogP contribution in [0.2, 0.25) is 0 Å². The van der Waals surface area contributed by atoms with Crippen LogP contribution in [0.1, 0.15) is 23.3 Å². The number of carboxylic acid groups (broad SMARTS) is 1. The molecule has 0 atom stereocenters. The molecular formula is C9H10BrN3O2. The zero-order chi connectivity index (χ0) is 11.0. The van der Waals surface area contributed by atoms with Crippen LogP contribution in [0.5, 0.6) is 0 Å². The van der Waals surface area contributed by atoms with Gasteiger partial charge in [0.25, 0.3) is 0 Å². The normalized spacial score (nSPS) is 15.1. The van der Waals surface area contributed by atoms with Gasteiger partial charge in [-0.3, -0.25) is 0 Å². The second kappa shape index (κ2) is 3.77. The van der Waals surface area contributed by atoms with Gasteiger partial charge in [-0.05, 0) is 28.8 Å². The first-order valence-electron chi connectivity index (χ1n) is 4.58. The number of aromatic nitrogens is 2. The van der Waals surface area contributed by atoms with Gasteiger partial charge in [-0.15, -0.1) is 0 Å².